The van der Waals surface area contributed by atoms with Gasteiger partial charge in [-0.15, -0.1) is 0 Å². The Bertz CT molecular complexity index is 867. The predicted molar refractivity (Wildman–Crippen MR) is 104 cm³/mol. The molecule has 0 fully saturated rings. The summed E-state index contributed by atoms with van der Waals surface area (Å²) >= 11 is 0. The van der Waals surface area contributed by atoms with Crippen molar-refractivity contribution in [2.45, 2.75) is 44.6 Å². The predicted octanol–water partition coefficient (Wildman–Crippen LogP) is 3.04. The van der Waals surface area contributed by atoms with E-state index in [1.807, 2.05) is 25.1 Å². The largest absolute Gasteiger partial charge is 0.352 e. The smallest absolute Gasteiger partial charge is 0.251 e. The van der Waals surface area contributed by atoms with E-state index in [0.29, 0.717) is 12.1 Å². The van der Waals surface area contributed by atoms with Crippen molar-refractivity contribution < 1.29 is 13.2 Å². The molecule has 0 aliphatic carbocycles. The van der Waals surface area contributed by atoms with Crippen LogP contribution in [0.15, 0.2) is 53.4 Å². The van der Waals surface area contributed by atoms with E-state index in [1.165, 1.54) is 35.4 Å². The van der Waals surface area contributed by atoms with E-state index < -0.39 is 15.6 Å². The molecule has 0 bridgehead atoms. The molecule has 0 saturated heterocycles. The van der Waals surface area contributed by atoms with E-state index in [2.05, 4.69) is 16.1 Å². The van der Waals surface area contributed by atoms with Crippen LogP contribution in [0.25, 0.3) is 0 Å². The van der Waals surface area contributed by atoms with Crippen LogP contribution in [0.2, 0.25) is 0 Å². The van der Waals surface area contributed by atoms with Crippen molar-refractivity contribution in [1.29, 1.82) is 0 Å². The average Bonchev–Trinajstić information content (AvgIpc) is 2.53. The lowest BCUT2D eigenvalue weighted by molar-refractivity contribution is 0.0954. The zero-order valence-corrected chi connectivity index (χ0v) is 16.5. The minimum Gasteiger partial charge on any atom is -0.352 e. The second kappa shape index (κ2) is 8.01. The molecule has 0 radical (unpaired) electrons. The molecule has 26 heavy (non-hydrogen) atoms. The Morgan fingerprint density at radius 1 is 1.04 bits per heavy atom. The van der Waals surface area contributed by atoms with Crippen molar-refractivity contribution >= 4 is 15.9 Å². The number of carbonyl (C=O) groups excluding carboxylic acids is 1. The summed E-state index contributed by atoms with van der Waals surface area (Å²) < 4.78 is 27.1. The van der Waals surface area contributed by atoms with Gasteiger partial charge in [-0.3, -0.25) is 4.79 Å². The van der Waals surface area contributed by atoms with Crippen LogP contribution in [0.1, 0.15) is 42.3 Å². The highest BCUT2D eigenvalue weighted by atomic mass is 32.2. The van der Waals surface area contributed by atoms with Gasteiger partial charge in [0.1, 0.15) is 0 Å². The van der Waals surface area contributed by atoms with Gasteiger partial charge < -0.3 is 5.32 Å². The molecule has 0 spiro atoms. The third kappa shape index (κ3) is 5.97. The maximum Gasteiger partial charge on any atom is 0.251 e. The first-order valence-corrected chi connectivity index (χ1v) is 10.0. The second-order valence-electron chi connectivity index (χ2n) is 7.37. The van der Waals surface area contributed by atoms with Crippen molar-refractivity contribution in [3.8, 4) is 0 Å². The number of benzene rings is 2. The molecule has 0 aliphatic heterocycles. The van der Waals surface area contributed by atoms with Crippen LogP contribution in [-0.4, -0.2) is 26.4 Å². The highest BCUT2D eigenvalue weighted by Crippen LogP contribution is 2.14. The van der Waals surface area contributed by atoms with Crippen molar-refractivity contribution in [1.82, 2.24) is 10.0 Å². The molecule has 2 aromatic rings. The summed E-state index contributed by atoms with van der Waals surface area (Å²) in [5.74, 6) is -0.217. The van der Waals surface area contributed by atoms with Crippen molar-refractivity contribution in [2.24, 2.45) is 0 Å². The van der Waals surface area contributed by atoms with Crippen LogP contribution in [-0.2, 0) is 16.4 Å². The number of aryl methyl sites for hydroxylation is 1. The number of amides is 1. The molecule has 6 heteroatoms. The maximum absolute atomic E-state index is 12.3. The summed E-state index contributed by atoms with van der Waals surface area (Å²) in [7, 11) is -3.60. The van der Waals surface area contributed by atoms with Crippen LogP contribution in [0.5, 0.6) is 0 Å². The normalized spacial score (nSPS) is 12.0. The molecule has 2 aromatic carbocycles. The molecule has 0 aliphatic rings. The highest BCUT2D eigenvalue weighted by Gasteiger charge is 2.22. The Morgan fingerprint density at radius 3 is 2.27 bits per heavy atom. The lowest BCUT2D eigenvalue weighted by Gasteiger charge is -2.20. The molecule has 0 aromatic heterocycles. The van der Waals surface area contributed by atoms with E-state index in [-0.39, 0.29) is 10.8 Å². The zero-order chi connectivity index (χ0) is 19.4. The minimum atomic E-state index is -3.60. The lowest BCUT2D eigenvalue weighted by atomic mass is 10.1. The fraction of sp³-hybridized carbons (Fsp3) is 0.350. The highest BCUT2D eigenvalue weighted by molar-refractivity contribution is 7.89. The van der Waals surface area contributed by atoms with Crippen LogP contribution >= 0.6 is 0 Å². The van der Waals surface area contributed by atoms with Crippen molar-refractivity contribution in [2.75, 3.05) is 6.54 Å². The van der Waals surface area contributed by atoms with Gasteiger partial charge in [0.2, 0.25) is 10.0 Å². The van der Waals surface area contributed by atoms with E-state index in [9.17, 15) is 13.2 Å². The molecule has 5 nitrogen and oxygen atoms in total. The molecule has 0 heterocycles. The van der Waals surface area contributed by atoms with E-state index in [1.54, 1.807) is 20.8 Å². The van der Waals surface area contributed by atoms with Gasteiger partial charge in [0.05, 0.1) is 4.90 Å². The van der Waals surface area contributed by atoms with Gasteiger partial charge in [-0.25, -0.2) is 13.1 Å². The first-order valence-electron chi connectivity index (χ1n) is 8.55. The summed E-state index contributed by atoms with van der Waals surface area (Å²) in [5.41, 5.74) is 2.23. The molecule has 0 saturated carbocycles. The topological polar surface area (TPSA) is 75.3 Å². The fourth-order valence-corrected chi connectivity index (χ4v) is 3.96. The summed E-state index contributed by atoms with van der Waals surface area (Å²) in [6.07, 6.45) is 0.745. The van der Waals surface area contributed by atoms with Gasteiger partial charge in [-0.1, -0.05) is 29.8 Å². The maximum atomic E-state index is 12.3. The van der Waals surface area contributed by atoms with Gasteiger partial charge >= 0.3 is 0 Å². The number of nitrogens with one attached hydrogen (secondary N) is 2. The van der Waals surface area contributed by atoms with E-state index in [4.69, 9.17) is 0 Å². The number of hydrogen-bond donors (Lipinski definition) is 2. The Labute approximate surface area is 155 Å². The Kier molecular flexibility index (Phi) is 6.21. The summed E-state index contributed by atoms with van der Waals surface area (Å²) in [6, 6.07) is 14.1. The van der Waals surface area contributed by atoms with Crippen molar-refractivity contribution in [3.05, 3.63) is 65.2 Å². The van der Waals surface area contributed by atoms with Crippen LogP contribution in [0.4, 0.5) is 0 Å². The van der Waals surface area contributed by atoms with Crippen LogP contribution in [0.3, 0.4) is 0 Å². The number of sulfonamides is 1. The quantitative estimate of drug-likeness (QED) is 0.816. The molecular formula is C20H26N2O3S. The van der Waals surface area contributed by atoms with Gasteiger partial charge in [0.15, 0.2) is 0 Å². The fourth-order valence-electron chi connectivity index (χ4n) is 2.54. The third-order valence-corrected chi connectivity index (χ3v) is 5.42. The summed E-state index contributed by atoms with van der Waals surface area (Å²) in [4.78, 5) is 12.4. The van der Waals surface area contributed by atoms with Crippen molar-refractivity contribution in [3.63, 3.8) is 0 Å². The molecule has 2 rings (SSSR count). The Morgan fingerprint density at radius 2 is 1.69 bits per heavy atom. The van der Waals surface area contributed by atoms with E-state index >= 15 is 0 Å². The van der Waals surface area contributed by atoms with Gasteiger partial charge in [0.25, 0.3) is 5.91 Å². The Balaban J connectivity index is 1.96. The summed E-state index contributed by atoms with van der Waals surface area (Å²) in [5, 5.41) is 2.86. The number of hydrogen-bond acceptors (Lipinski definition) is 3. The molecule has 0 atom stereocenters. The van der Waals surface area contributed by atoms with E-state index in [0.717, 1.165) is 6.42 Å². The Hall–Kier alpha value is -2.18. The standard InChI is InChI=1S/C20H26N2O3S/c1-15-6-5-7-16(14-15)12-13-21-19(23)17-8-10-18(11-9-17)26(24,25)22-20(2,3)4/h5-11,14,22H,12-13H2,1-4H3,(H,21,23). The third-order valence-electron chi connectivity index (χ3n) is 3.65. The molecule has 1 amide bonds. The molecule has 0 unspecified atom stereocenters. The van der Waals surface area contributed by atoms with Gasteiger partial charge in [-0.05, 0) is 63.9 Å². The van der Waals surface area contributed by atoms with Gasteiger partial charge in [-0.2, -0.15) is 0 Å². The average molecular weight is 375 g/mol. The van der Waals surface area contributed by atoms with Crippen LogP contribution in [0, 0.1) is 6.92 Å². The summed E-state index contributed by atoms with van der Waals surface area (Å²) in [6.45, 7) is 7.89. The molecule has 140 valence electrons. The first kappa shape index (κ1) is 20.1. The minimum absolute atomic E-state index is 0.142. The zero-order valence-electron chi connectivity index (χ0n) is 15.7. The molecular weight excluding hydrogens is 348 g/mol. The van der Waals surface area contributed by atoms with Gasteiger partial charge in [0, 0.05) is 17.6 Å². The van der Waals surface area contributed by atoms with Crippen LogP contribution < -0.4 is 10.0 Å². The SMILES string of the molecule is Cc1cccc(CCNC(=O)c2ccc(S(=O)(=O)NC(C)(C)C)cc2)c1. The lowest BCUT2D eigenvalue weighted by Crippen LogP contribution is -2.40. The first-order chi connectivity index (χ1) is 12.1. The molecule has 2 N–H and O–H groups in total. The number of rotatable bonds is 6. The monoisotopic (exact) mass is 374 g/mol. The number of carbonyl (C=O) groups is 1. The second-order valence-corrected chi connectivity index (χ2v) is 9.06.